The first-order valence-corrected chi connectivity index (χ1v) is 24.7. The lowest BCUT2D eigenvalue weighted by molar-refractivity contribution is 0.205. The van der Waals surface area contributed by atoms with E-state index in [0.29, 0.717) is 41.5 Å². The van der Waals surface area contributed by atoms with Crippen molar-refractivity contribution in [1.82, 2.24) is 9.80 Å². The SMILES string of the molecule is O=C(/N=C1/C(SSC2/C(=N/C(=O)Nc3ccc(Cl)cc3)N(c3ccc(Cl)cc3)C(=O)N2C(=O)Nc2ccc(Cl)cc2)N(C(=O)Nc2ccc(Cl)cc2)C(=O)N1c1ccc(Cl)cc1)Nc1ccc(Cl)cc1. The highest BCUT2D eigenvalue weighted by atomic mass is 35.5. The Morgan fingerprint density at radius 2 is 0.629 bits per heavy atom. The molecule has 2 unspecified atom stereocenters. The lowest BCUT2D eigenvalue weighted by atomic mass is 10.3. The van der Waals surface area contributed by atoms with Crippen LogP contribution in [-0.4, -0.2) is 68.4 Å². The van der Waals surface area contributed by atoms with E-state index < -0.39 is 46.9 Å². The van der Waals surface area contributed by atoms with Gasteiger partial charge in [-0.05, 0) is 146 Å². The third kappa shape index (κ3) is 11.7. The van der Waals surface area contributed by atoms with Crippen LogP contribution < -0.4 is 31.1 Å². The molecule has 2 fully saturated rings. The number of nitrogens with one attached hydrogen (secondary N) is 4. The van der Waals surface area contributed by atoms with Gasteiger partial charge < -0.3 is 21.3 Å². The Morgan fingerprint density at radius 1 is 0.386 bits per heavy atom. The van der Waals surface area contributed by atoms with Gasteiger partial charge in [0, 0.05) is 52.9 Å². The fourth-order valence-electron chi connectivity index (χ4n) is 6.62. The smallest absolute Gasteiger partial charge is 0.307 e. The largest absolute Gasteiger partial charge is 0.347 e. The molecule has 70 heavy (non-hydrogen) atoms. The maximum Gasteiger partial charge on any atom is 0.347 e. The Morgan fingerprint density at radius 3 is 0.900 bits per heavy atom. The van der Waals surface area contributed by atoms with Crippen molar-refractivity contribution in [1.29, 1.82) is 0 Å². The van der Waals surface area contributed by atoms with Crippen molar-refractivity contribution in [3.8, 4) is 0 Å². The van der Waals surface area contributed by atoms with Crippen molar-refractivity contribution in [2.75, 3.05) is 31.1 Å². The van der Waals surface area contributed by atoms with Gasteiger partial charge in [0.15, 0.2) is 22.4 Å². The quantitative estimate of drug-likeness (QED) is 0.103. The topological polar surface area (TPSA) is 188 Å². The lowest BCUT2D eigenvalue weighted by Crippen LogP contribution is -2.43. The van der Waals surface area contributed by atoms with Crippen molar-refractivity contribution >= 4 is 173 Å². The summed E-state index contributed by atoms with van der Waals surface area (Å²) in [7, 11) is 1.48. The first-order chi connectivity index (χ1) is 33.6. The van der Waals surface area contributed by atoms with E-state index in [1.165, 1.54) is 121 Å². The van der Waals surface area contributed by atoms with E-state index in [1.807, 2.05) is 0 Å². The second-order valence-electron chi connectivity index (χ2n) is 14.5. The third-order valence-corrected chi connectivity index (χ3v) is 14.1. The number of nitrogens with zero attached hydrogens (tertiary/aromatic N) is 6. The van der Waals surface area contributed by atoms with Crippen LogP contribution in [0.15, 0.2) is 156 Å². The normalized spacial score (nSPS) is 16.8. The number of hydrogen-bond donors (Lipinski definition) is 4. The molecular formula is C46H30Cl6N10O6S2. The van der Waals surface area contributed by atoms with Crippen LogP contribution in [0.4, 0.5) is 62.9 Å². The van der Waals surface area contributed by atoms with Gasteiger partial charge in [0.2, 0.25) is 0 Å². The first-order valence-electron chi connectivity index (χ1n) is 20.1. The number of carbonyl (C=O) groups excluding carboxylic acids is 6. The number of hydrogen-bond acceptors (Lipinski definition) is 8. The van der Waals surface area contributed by atoms with Crippen LogP contribution in [0.1, 0.15) is 0 Å². The molecule has 2 heterocycles. The molecule has 0 bridgehead atoms. The van der Waals surface area contributed by atoms with Crippen molar-refractivity contribution in [2.24, 2.45) is 9.98 Å². The summed E-state index contributed by atoms with van der Waals surface area (Å²) >= 11 is 36.9. The number of imide groups is 2. The molecule has 2 atom stereocenters. The molecule has 6 aromatic carbocycles. The molecule has 24 heteroatoms. The summed E-state index contributed by atoms with van der Waals surface area (Å²) in [4.78, 5) is 98.9. The van der Waals surface area contributed by atoms with Gasteiger partial charge in [-0.2, -0.15) is 9.98 Å². The minimum absolute atomic E-state index is 0.153. The summed E-state index contributed by atoms with van der Waals surface area (Å²) < 4.78 is 0. The Hall–Kier alpha value is -6.48. The summed E-state index contributed by atoms with van der Waals surface area (Å²) in [6, 6.07) is 30.5. The molecule has 8 rings (SSSR count). The summed E-state index contributed by atoms with van der Waals surface area (Å²) in [6.07, 6.45) is 0. The third-order valence-electron chi connectivity index (χ3n) is 9.82. The predicted molar refractivity (Wildman–Crippen MR) is 282 cm³/mol. The Kier molecular flexibility index (Phi) is 15.7. The van der Waals surface area contributed by atoms with Gasteiger partial charge in [-0.3, -0.25) is 0 Å². The summed E-state index contributed by atoms with van der Waals surface area (Å²) in [5.41, 5.74) is 1.38. The molecule has 0 saturated carbocycles. The number of benzene rings is 6. The van der Waals surface area contributed by atoms with Gasteiger partial charge in [0.25, 0.3) is 0 Å². The standard InChI is InChI=1S/C46H30Cl6N10O6S2/c47-25-1-13-31(14-2-25)53-41(63)57-37-39(61(43(65)55-33-17-5-27(49)6-18-33)45(67)59(37)35-21-9-29(51)10-22-35)69-70-40-38(58-42(64)54-32-15-3-26(48)4-16-32)60(36-23-11-30(52)12-24-36)46(68)62(40)44(66)56-34-19-7-28(50)8-20-34/h1-24,39-40H,(H,53,63)(H,54,64)(H,55,65)(H,56,66)/b57-37-,58-38-. The van der Waals surface area contributed by atoms with Gasteiger partial charge in [0.1, 0.15) is 0 Å². The summed E-state index contributed by atoms with van der Waals surface area (Å²) in [5, 5.41) is 9.74. The molecular weight excluding hydrogens is 1070 g/mol. The fraction of sp³-hybridized carbons (Fsp3) is 0.0435. The highest BCUT2D eigenvalue weighted by Gasteiger charge is 2.53. The van der Waals surface area contributed by atoms with Gasteiger partial charge in [-0.1, -0.05) is 91.2 Å². The minimum Gasteiger partial charge on any atom is -0.307 e. The predicted octanol–water partition coefficient (Wildman–Crippen LogP) is 14.6. The number of rotatable bonds is 9. The molecule has 2 aliphatic rings. The number of amides is 12. The number of urea groups is 6. The molecule has 4 N–H and O–H groups in total. The van der Waals surface area contributed by atoms with E-state index in [9.17, 15) is 28.8 Å². The fourth-order valence-corrected chi connectivity index (χ4v) is 10.3. The highest BCUT2D eigenvalue weighted by molar-refractivity contribution is 8.77. The highest BCUT2D eigenvalue weighted by Crippen LogP contribution is 2.45. The average Bonchev–Trinajstić information content (AvgIpc) is 3.76. The number of amidine groups is 2. The molecule has 16 nitrogen and oxygen atoms in total. The van der Waals surface area contributed by atoms with Crippen molar-refractivity contribution in [3.63, 3.8) is 0 Å². The van der Waals surface area contributed by atoms with Gasteiger partial charge in [-0.25, -0.2) is 48.4 Å². The zero-order valence-corrected chi connectivity index (χ0v) is 41.4. The van der Waals surface area contributed by atoms with E-state index >= 15 is 0 Å². The van der Waals surface area contributed by atoms with Crippen LogP contribution in [0, 0.1) is 0 Å². The zero-order valence-electron chi connectivity index (χ0n) is 35.2. The molecule has 12 amide bonds. The Balaban J connectivity index is 1.25. The van der Waals surface area contributed by atoms with Crippen LogP contribution in [0.25, 0.3) is 0 Å². The lowest BCUT2D eigenvalue weighted by Gasteiger charge is -2.24. The maximum atomic E-state index is 14.8. The second kappa shape index (κ2) is 22.1. The van der Waals surface area contributed by atoms with E-state index in [1.54, 1.807) is 24.3 Å². The first kappa shape index (κ1) is 49.9. The van der Waals surface area contributed by atoms with Crippen LogP contribution in [0.5, 0.6) is 0 Å². The minimum atomic E-state index is -1.54. The number of carbonyl (C=O) groups is 6. The van der Waals surface area contributed by atoms with Crippen LogP contribution in [0.3, 0.4) is 0 Å². The Bertz CT molecular complexity index is 2840. The number of anilines is 6. The Labute approximate surface area is 436 Å². The molecule has 0 aromatic heterocycles. The van der Waals surface area contributed by atoms with Crippen LogP contribution >= 0.6 is 91.2 Å². The maximum absolute atomic E-state index is 14.8. The molecule has 2 saturated heterocycles. The van der Waals surface area contributed by atoms with Crippen molar-refractivity contribution < 1.29 is 28.8 Å². The summed E-state index contributed by atoms with van der Waals surface area (Å²) in [6.45, 7) is 0. The molecule has 354 valence electrons. The molecule has 0 spiro atoms. The van der Waals surface area contributed by atoms with E-state index in [2.05, 4.69) is 31.3 Å². The van der Waals surface area contributed by atoms with Crippen LogP contribution in [0.2, 0.25) is 30.1 Å². The second-order valence-corrected chi connectivity index (χ2v) is 19.6. The van der Waals surface area contributed by atoms with Crippen molar-refractivity contribution in [3.05, 3.63) is 176 Å². The van der Waals surface area contributed by atoms with Gasteiger partial charge in [-0.15, -0.1) is 0 Å². The number of halogens is 6. The molecule has 6 aromatic rings. The molecule has 2 aliphatic heterocycles. The summed E-state index contributed by atoms with van der Waals surface area (Å²) in [5.74, 6) is -0.588. The van der Waals surface area contributed by atoms with E-state index in [0.717, 1.165) is 41.2 Å². The van der Waals surface area contributed by atoms with Gasteiger partial charge in [0.05, 0.1) is 11.4 Å². The van der Waals surface area contributed by atoms with E-state index in [4.69, 9.17) is 69.6 Å². The van der Waals surface area contributed by atoms with E-state index in [-0.39, 0.29) is 34.4 Å². The van der Waals surface area contributed by atoms with Crippen LogP contribution in [-0.2, 0) is 0 Å². The molecule has 0 radical (unpaired) electrons. The number of aliphatic imine (C=N–C) groups is 2. The van der Waals surface area contributed by atoms with Gasteiger partial charge >= 0.3 is 36.2 Å². The zero-order chi connectivity index (χ0) is 49.6. The van der Waals surface area contributed by atoms with Crippen molar-refractivity contribution in [2.45, 2.75) is 10.7 Å². The molecule has 0 aliphatic carbocycles. The monoisotopic (exact) mass is 1090 g/mol. The average molecular weight is 1100 g/mol.